The van der Waals surface area contributed by atoms with Gasteiger partial charge in [-0.25, -0.2) is 0 Å². The van der Waals surface area contributed by atoms with Crippen LogP contribution >= 0.6 is 0 Å². The second kappa shape index (κ2) is 5.35. The van der Waals surface area contributed by atoms with E-state index in [1.54, 1.807) is 6.26 Å². The van der Waals surface area contributed by atoms with Crippen molar-refractivity contribution in [3.63, 3.8) is 0 Å². The third-order valence-electron chi connectivity index (χ3n) is 8.85. The third-order valence-corrected chi connectivity index (χ3v) is 8.85. The molecular weight excluding hydrogens is 376 g/mol. The number of ether oxygens (including phenoxy) is 5. The van der Waals surface area contributed by atoms with E-state index >= 15 is 0 Å². The van der Waals surface area contributed by atoms with E-state index < -0.39 is 27.6 Å². The highest BCUT2D eigenvalue weighted by Gasteiger charge is 2.84. The molecule has 3 saturated heterocycles. The normalized spacial score (nSPS) is 54.3. The van der Waals surface area contributed by atoms with Gasteiger partial charge in [0.05, 0.1) is 18.3 Å². The first-order chi connectivity index (χ1) is 13.8. The highest BCUT2D eigenvalue weighted by atomic mass is 16.7. The van der Waals surface area contributed by atoms with Gasteiger partial charge < -0.3 is 23.7 Å². The number of hydrogen-bond acceptors (Lipinski definition) is 7. The fraction of sp³-hybridized carbons (Fsp3) is 0.818. The Morgan fingerprint density at radius 2 is 2.00 bits per heavy atom. The Hall–Kier alpha value is -1.60. The van der Waals surface area contributed by atoms with Crippen molar-refractivity contribution in [3.05, 3.63) is 12.3 Å². The van der Waals surface area contributed by atoms with Gasteiger partial charge in [0.2, 0.25) is 0 Å². The molecule has 7 nitrogen and oxygen atoms in total. The molecule has 29 heavy (non-hydrogen) atoms. The van der Waals surface area contributed by atoms with Gasteiger partial charge in [-0.15, -0.1) is 0 Å². The molecule has 158 valence electrons. The predicted octanol–water partition coefficient (Wildman–Crippen LogP) is 2.27. The maximum absolute atomic E-state index is 13.0. The van der Waals surface area contributed by atoms with Gasteiger partial charge in [-0.2, -0.15) is 0 Å². The van der Waals surface area contributed by atoms with Crippen LogP contribution in [0.4, 0.5) is 0 Å². The lowest BCUT2D eigenvalue weighted by molar-refractivity contribution is -0.308. The number of esters is 2. The Morgan fingerprint density at radius 3 is 2.69 bits per heavy atom. The summed E-state index contributed by atoms with van der Waals surface area (Å²) in [7, 11) is 0. The average Bonchev–Trinajstić information content (AvgIpc) is 3.13. The number of hydrogen-bond donors (Lipinski definition) is 0. The summed E-state index contributed by atoms with van der Waals surface area (Å²) in [6.45, 7) is 4.83. The van der Waals surface area contributed by atoms with Crippen LogP contribution in [0.5, 0.6) is 0 Å². The molecule has 4 heterocycles. The van der Waals surface area contributed by atoms with Gasteiger partial charge in [0.25, 0.3) is 0 Å². The zero-order valence-corrected chi connectivity index (χ0v) is 17.0. The van der Waals surface area contributed by atoms with Crippen LogP contribution in [0.25, 0.3) is 0 Å². The Labute approximate surface area is 170 Å². The lowest BCUT2D eigenvalue weighted by Gasteiger charge is -2.67. The highest BCUT2D eigenvalue weighted by molar-refractivity contribution is 5.79. The molecule has 6 aliphatic rings. The summed E-state index contributed by atoms with van der Waals surface area (Å²) in [5.74, 6) is -0.617. The Bertz CT molecular complexity index is 818. The van der Waals surface area contributed by atoms with Crippen molar-refractivity contribution in [1.29, 1.82) is 0 Å². The van der Waals surface area contributed by atoms with Crippen LogP contribution in [-0.4, -0.2) is 54.7 Å². The number of cyclic esters (lactones) is 1. The van der Waals surface area contributed by atoms with Gasteiger partial charge in [-0.3, -0.25) is 9.59 Å². The van der Waals surface area contributed by atoms with Crippen LogP contribution in [0.2, 0.25) is 0 Å². The second-order valence-corrected chi connectivity index (χ2v) is 10.2. The third kappa shape index (κ3) is 2.01. The van der Waals surface area contributed by atoms with E-state index in [1.165, 1.54) is 6.92 Å². The smallest absolute Gasteiger partial charge is 0.312 e. The summed E-state index contributed by atoms with van der Waals surface area (Å²) in [5, 5.41) is 0. The van der Waals surface area contributed by atoms with Crippen molar-refractivity contribution >= 4 is 11.9 Å². The number of carbonyl (C=O) groups excluding carboxylic acids is 2. The molecule has 2 bridgehead atoms. The van der Waals surface area contributed by atoms with Crippen molar-refractivity contribution in [2.24, 2.45) is 16.7 Å². The van der Waals surface area contributed by atoms with E-state index in [0.717, 1.165) is 32.1 Å². The minimum atomic E-state index is -0.679. The molecule has 0 radical (unpaired) electrons. The Balaban J connectivity index is 1.52. The molecule has 0 unspecified atom stereocenters. The molecular formula is C22H28O7. The molecule has 3 spiro atoms. The summed E-state index contributed by atoms with van der Waals surface area (Å²) in [5.41, 5.74) is -2.61. The molecule has 7 atom stereocenters. The van der Waals surface area contributed by atoms with Gasteiger partial charge in [0.1, 0.15) is 36.1 Å². The first-order valence-corrected chi connectivity index (χ1v) is 10.8. The maximum Gasteiger partial charge on any atom is 0.312 e. The van der Waals surface area contributed by atoms with E-state index in [-0.39, 0.29) is 24.0 Å². The fourth-order valence-corrected chi connectivity index (χ4v) is 7.74. The van der Waals surface area contributed by atoms with Gasteiger partial charge in [-0.1, -0.05) is 6.42 Å². The molecule has 2 saturated carbocycles. The van der Waals surface area contributed by atoms with Crippen LogP contribution in [0.15, 0.2) is 12.3 Å². The molecule has 0 N–H and O–H groups in total. The molecule has 0 aromatic heterocycles. The monoisotopic (exact) mass is 404 g/mol. The molecule has 7 heteroatoms. The van der Waals surface area contributed by atoms with Crippen molar-refractivity contribution in [2.75, 3.05) is 19.8 Å². The van der Waals surface area contributed by atoms with Crippen LogP contribution in [0, 0.1) is 16.7 Å². The molecule has 6 rings (SSSR count). The molecule has 2 aliphatic carbocycles. The van der Waals surface area contributed by atoms with E-state index in [4.69, 9.17) is 23.7 Å². The minimum absolute atomic E-state index is 0.134. The summed E-state index contributed by atoms with van der Waals surface area (Å²) < 4.78 is 30.5. The van der Waals surface area contributed by atoms with E-state index in [9.17, 15) is 9.59 Å². The van der Waals surface area contributed by atoms with Crippen LogP contribution in [0.1, 0.15) is 52.4 Å². The lowest BCUT2D eigenvalue weighted by Crippen LogP contribution is -2.76. The summed E-state index contributed by atoms with van der Waals surface area (Å²) in [4.78, 5) is 25.0. The number of epoxide rings is 1. The van der Waals surface area contributed by atoms with E-state index in [0.29, 0.717) is 26.2 Å². The van der Waals surface area contributed by atoms with Crippen molar-refractivity contribution < 1.29 is 33.3 Å². The van der Waals surface area contributed by atoms with Gasteiger partial charge in [0.15, 0.2) is 0 Å². The van der Waals surface area contributed by atoms with Crippen LogP contribution < -0.4 is 0 Å². The van der Waals surface area contributed by atoms with Crippen LogP contribution in [0.3, 0.4) is 0 Å². The van der Waals surface area contributed by atoms with E-state index in [2.05, 4.69) is 0 Å². The van der Waals surface area contributed by atoms with Crippen molar-refractivity contribution in [3.8, 4) is 0 Å². The molecule has 4 aliphatic heterocycles. The zero-order chi connectivity index (χ0) is 20.1. The molecule has 0 amide bonds. The zero-order valence-electron chi connectivity index (χ0n) is 17.0. The summed E-state index contributed by atoms with van der Waals surface area (Å²) in [6, 6.07) is 0. The fourth-order valence-electron chi connectivity index (χ4n) is 7.74. The quantitative estimate of drug-likeness (QED) is 0.490. The standard InChI is InChI=1S/C22H28O7/c1-14(23)28-15-10-21(13-27-21)22(7-6-19(29-22)8-9-25-11-19)20-5-3-4-18(2,16(15)20)17(24)26-12-20/h8-9,15-16H,3-7,10-13H2,1-2H3/t15-,16+,18+,19+,20-,21-,22+/m1/s1. The largest absolute Gasteiger partial charge is 0.498 e. The van der Waals surface area contributed by atoms with Crippen LogP contribution in [-0.2, 0) is 33.3 Å². The lowest BCUT2D eigenvalue weighted by atomic mass is 9.41. The summed E-state index contributed by atoms with van der Waals surface area (Å²) in [6.07, 6.45) is 8.19. The number of rotatable bonds is 1. The topological polar surface area (TPSA) is 83.6 Å². The molecule has 5 fully saturated rings. The van der Waals surface area contributed by atoms with E-state index in [1.807, 2.05) is 13.0 Å². The number of fused-ring (bicyclic) bond motifs is 1. The maximum atomic E-state index is 13.0. The second-order valence-electron chi connectivity index (χ2n) is 10.2. The van der Waals surface area contributed by atoms with Crippen molar-refractivity contribution in [2.45, 2.75) is 75.3 Å². The van der Waals surface area contributed by atoms with Crippen molar-refractivity contribution in [1.82, 2.24) is 0 Å². The summed E-state index contributed by atoms with van der Waals surface area (Å²) >= 11 is 0. The van der Waals surface area contributed by atoms with Gasteiger partial charge in [-0.05, 0) is 38.7 Å². The van der Waals surface area contributed by atoms with Gasteiger partial charge in [0, 0.05) is 24.7 Å². The first-order valence-electron chi connectivity index (χ1n) is 10.8. The molecule has 0 aromatic rings. The Kier molecular flexibility index (Phi) is 3.36. The predicted molar refractivity (Wildman–Crippen MR) is 98.6 cm³/mol. The SMILES string of the molecule is CC(=O)O[C@@H]1C[C@@]2(CO2)[C@]2(CC[C@@]3(C=COC3)O2)[C@]23CCC[C@](C)(C(=O)OC2)[C@H]13. The Morgan fingerprint density at radius 1 is 1.17 bits per heavy atom. The molecule has 0 aromatic carbocycles. The average molecular weight is 404 g/mol. The highest BCUT2D eigenvalue weighted by Crippen LogP contribution is 2.74. The number of carbonyl (C=O) groups is 2. The van der Waals surface area contributed by atoms with Gasteiger partial charge >= 0.3 is 11.9 Å². The minimum Gasteiger partial charge on any atom is -0.498 e. The first kappa shape index (κ1) is 18.2.